The predicted octanol–water partition coefficient (Wildman–Crippen LogP) is 2.63. The number of carbonyl (C=O) groups excluding carboxylic acids is 1. The number of nitrogens with zero attached hydrogens (tertiary/aromatic N) is 1. The Morgan fingerprint density at radius 2 is 2.19 bits per heavy atom. The van der Waals surface area contributed by atoms with Gasteiger partial charge in [-0.2, -0.15) is 0 Å². The fraction of sp³-hybridized carbons (Fsp3) is 0.286. The highest BCUT2D eigenvalue weighted by atomic mass is 79.9. The molecule has 1 saturated heterocycles. The monoisotopic (exact) mass is 370 g/mol. The second-order valence-corrected chi connectivity index (χ2v) is 5.61. The number of hydrogen-bond donors (Lipinski definition) is 2. The van der Waals surface area contributed by atoms with Gasteiger partial charge < -0.3 is 15.2 Å². The Hall–Kier alpha value is -1.60. The van der Waals surface area contributed by atoms with E-state index in [9.17, 15) is 9.90 Å². The van der Waals surface area contributed by atoms with Crippen LogP contribution in [0.4, 0.5) is 0 Å². The number of hydrogen-bond acceptors (Lipinski definition) is 4. The summed E-state index contributed by atoms with van der Waals surface area (Å²) in [4.78, 5) is 13.6. The summed E-state index contributed by atoms with van der Waals surface area (Å²) in [5.41, 5.74) is 0.808. The fourth-order valence-corrected chi connectivity index (χ4v) is 2.76. The average molecular weight is 371 g/mol. The highest BCUT2D eigenvalue weighted by Crippen LogP contribution is 2.35. The SMILES string of the molecule is CCOc1cc(Br)cc(C=C2NC(=S)N(CC)C2=O)c1O. The Labute approximate surface area is 136 Å². The van der Waals surface area contributed by atoms with Crippen LogP contribution in [-0.4, -0.2) is 34.2 Å². The number of phenols is 1. The molecule has 2 N–H and O–H groups in total. The van der Waals surface area contributed by atoms with Crippen molar-refractivity contribution in [2.45, 2.75) is 13.8 Å². The van der Waals surface area contributed by atoms with E-state index >= 15 is 0 Å². The molecular weight excluding hydrogens is 356 g/mol. The molecule has 1 aliphatic heterocycles. The average Bonchev–Trinajstić information content (AvgIpc) is 2.69. The molecule has 1 aliphatic rings. The molecule has 0 unspecified atom stereocenters. The normalized spacial score (nSPS) is 16.5. The summed E-state index contributed by atoms with van der Waals surface area (Å²) >= 11 is 8.45. The molecule has 2 rings (SSSR count). The van der Waals surface area contributed by atoms with Crippen LogP contribution in [0.25, 0.3) is 6.08 Å². The number of nitrogens with one attached hydrogen (secondary N) is 1. The van der Waals surface area contributed by atoms with Crippen molar-refractivity contribution < 1.29 is 14.6 Å². The highest BCUT2D eigenvalue weighted by Gasteiger charge is 2.29. The van der Waals surface area contributed by atoms with Crippen LogP contribution >= 0.6 is 28.1 Å². The zero-order chi connectivity index (χ0) is 15.6. The molecule has 1 aromatic rings. The number of rotatable bonds is 4. The van der Waals surface area contributed by atoms with Crippen LogP contribution in [0.3, 0.4) is 0 Å². The van der Waals surface area contributed by atoms with Crippen LogP contribution in [0.15, 0.2) is 22.3 Å². The van der Waals surface area contributed by atoms with Gasteiger partial charge in [0.1, 0.15) is 5.70 Å². The quantitative estimate of drug-likeness (QED) is 0.630. The van der Waals surface area contributed by atoms with Crippen LogP contribution in [0.2, 0.25) is 0 Å². The van der Waals surface area contributed by atoms with E-state index in [1.807, 2.05) is 13.8 Å². The van der Waals surface area contributed by atoms with Crippen molar-refractivity contribution in [1.82, 2.24) is 10.2 Å². The molecular formula is C14H15BrN2O3S. The maximum atomic E-state index is 12.1. The second-order valence-electron chi connectivity index (χ2n) is 4.31. The van der Waals surface area contributed by atoms with E-state index in [-0.39, 0.29) is 11.7 Å². The van der Waals surface area contributed by atoms with E-state index in [1.165, 1.54) is 4.90 Å². The molecule has 0 bridgehead atoms. The zero-order valence-electron chi connectivity index (χ0n) is 11.6. The molecule has 0 spiro atoms. The van der Waals surface area contributed by atoms with Crippen molar-refractivity contribution in [1.29, 1.82) is 0 Å². The van der Waals surface area contributed by atoms with Gasteiger partial charge in [0.25, 0.3) is 5.91 Å². The Morgan fingerprint density at radius 1 is 1.48 bits per heavy atom. The lowest BCUT2D eigenvalue weighted by molar-refractivity contribution is -0.122. The fourth-order valence-electron chi connectivity index (χ4n) is 1.98. The van der Waals surface area contributed by atoms with Gasteiger partial charge in [0, 0.05) is 16.6 Å². The smallest absolute Gasteiger partial charge is 0.276 e. The third kappa shape index (κ3) is 3.19. The highest BCUT2D eigenvalue weighted by molar-refractivity contribution is 9.10. The first kappa shape index (κ1) is 15.8. The second kappa shape index (κ2) is 6.44. The van der Waals surface area contributed by atoms with Gasteiger partial charge in [-0.1, -0.05) is 15.9 Å². The molecule has 1 heterocycles. The Morgan fingerprint density at radius 3 is 2.76 bits per heavy atom. The van der Waals surface area contributed by atoms with E-state index in [4.69, 9.17) is 17.0 Å². The van der Waals surface area contributed by atoms with Crippen molar-refractivity contribution in [3.05, 3.63) is 27.9 Å². The van der Waals surface area contributed by atoms with Crippen molar-refractivity contribution in [2.75, 3.05) is 13.2 Å². The summed E-state index contributed by atoms with van der Waals surface area (Å²) in [5.74, 6) is 0.141. The molecule has 7 heteroatoms. The maximum absolute atomic E-state index is 12.1. The summed E-state index contributed by atoms with van der Waals surface area (Å²) in [6.45, 7) is 4.61. The van der Waals surface area contributed by atoms with Gasteiger partial charge in [0.2, 0.25) is 0 Å². The standard InChI is InChI=1S/C14H15BrN2O3S/c1-3-17-13(19)10(16-14(17)21)6-8-5-9(15)7-11(12(8)18)20-4-2/h5-7,18H,3-4H2,1-2H3,(H,16,21). The third-order valence-corrected chi connectivity index (χ3v) is 3.73. The van der Waals surface area contributed by atoms with Crippen molar-refractivity contribution in [3.8, 4) is 11.5 Å². The molecule has 1 amide bonds. The summed E-state index contributed by atoms with van der Waals surface area (Å²) in [5, 5.41) is 13.4. The molecule has 0 radical (unpaired) electrons. The summed E-state index contributed by atoms with van der Waals surface area (Å²) in [6, 6.07) is 3.38. The van der Waals surface area contributed by atoms with Crippen molar-refractivity contribution >= 4 is 45.2 Å². The predicted molar refractivity (Wildman–Crippen MR) is 88.1 cm³/mol. The first-order valence-electron chi connectivity index (χ1n) is 6.47. The van der Waals surface area contributed by atoms with Crippen LogP contribution in [0.5, 0.6) is 11.5 Å². The lowest BCUT2D eigenvalue weighted by atomic mass is 10.1. The van der Waals surface area contributed by atoms with Crippen LogP contribution in [0, 0.1) is 0 Å². The lowest BCUT2D eigenvalue weighted by Crippen LogP contribution is -2.30. The summed E-state index contributed by atoms with van der Waals surface area (Å²) in [7, 11) is 0. The van der Waals surface area contributed by atoms with E-state index in [2.05, 4.69) is 21.2 Å². The van der Waals surface area contributed by atoms with Gasteiger partial charge >= 0.3 is 0 Å². The largest absolute Gasteiger partial charge is 0.504 e. The van der Waals surface area contributed by atoms with Crippen LogP contribution in [0.1, 0.15) is 19.4 Å². The molecule has 112 valence electrons. The molecule has 0 atom stereocenters. The van der Waals surface area contributed by atoms with E-state index in [1.54, 1.807) is 18.2 Å². The number of halogens is 1. The molecule has 21 heavy (non-hydrogen) atoms. The third-order valence-electron chi connectivity index (χ3n) is 2.95. The Balaban J connectivity index is 2.42. The number of phenolic OH excluding ortho intramolecular Hbond substituents is 1. The number of amides is 1. The minimum absolute atomic E-state index is 0.0111. The summed E-state index contributed by atoms with van der Waals surface area (Å²) < 4.78 is 6.11. The molecule has 0 aromatic heterocycles. The van der Waals surface area contributed by atoms with Crippen molar-refractivity contribution in [3.63, 3.8) is 0 Å². The molecule has 5 nitrogen and oxygen atoms in total. The molecule has 0 aliphatic carbocycles. The Kier molecular flexibility index (Phi) is 4.84. The summed E-state index contributed by atoms with van der Waals surface area (Å²) in [6.07, 6.45) is 1.56. The zero-order valence-corrected chi connectivity index (χ0v) is 14.0. The minimum atomic E-state index is -0.208. The topological polar surface area (TPSA) is 61.8 Å². The number of aromatic hydroxyl groups is 1. The number of carbonyl (C=O) groups is 1. The van der Waals surface area contributed by atoms with E-state index < -0.39 is 0 Å². The van der Waals surface area contributed by atoms with Gasteiger partial charge in [-0.05, 0) is 44.3 Å². The van der Waals surface area contributed by atoms with E-state index in [0.717, 1.165) is 4.47 Å². The molecule has 0 saturated carbocycles. The van der Waals surface area contributed by atoms with Gasteiger partial charge in [-0.3, -0.25) is 9.69 Å². The van der Waals surface area contributed by atoms with Gasteiger partial charge in [0.15, 0.2) is 16.6 Å². The van der Waals surface area contributed by atoms with E-state index in [0.29, 0.717) is 35.3 Å². The first-order valence-corrected chi connectivity index (χ1v) is 7.67. The molecule has 1 fully saturated rings. The van der Waals surface area contributed by atoms with Gasteiger partial charge in [-0.25, -0.2) is 0 Å². The van der Waals surface area contributed by atoms with Crippen LogP contribution < -0.4 is 10.1 Å². The first-order chi connectivity index (χ1) is 9.97. The lowest BCUT2D eigenvalue weighted by Gasteiger charge is -2.10. The van der Waals surface area contributed by atoms with Crippen molar-refractivity contribution in [2.24, 2.45) is 0 Å². The molecule has 1 aromatic carbocycles. The number of ether oxygens (including phenoxy) is 1. The number of likely N-dealkylation sites (N-methyl/N-ethyl adjacent to an activating group) is 1. The number of thiocarbonyl (C=S) groups is 1. The van der Waals surface area contributed by atoms with Crippen LogP contribution in [-0.2, 0) is 4.79 Å². The van der Waals surface area contributed by atoms with Gasteiger partial charge in [0.05, 0.1) is 6.61 Å². The Bertz CT molecular complexity index is 631. The maximum Gasteiger partial charge on any atom is 0.276 e. The number of benzene rings is 1. The minimum Gasteiger partial charge on any atom is -0.504 e. The van der Waals surface area contributed by atoms with Gasteiger partial charge in [-0.15, -0.1) is 0 Å².